The molecule has 9 rings (SSSR count). The largest absolute Gasteiger partial charge is 0.454 e. The monoisotopic (exact) mass is 588 g/mol. The van der Waals surface area contributed by atoms with E-state index in [1.54, 1.807) is 0 Å². The molecule has 0 unspecified atom stereocenters. The molecule has 0 saturated carbocycles. The van der Waals surface area contributed by atoms with E-state index < -0.39 is 0 Å². The summed E-state index contributed by atoms with van der Waals surface area (Å²) in [6, 6.07) is 57.8. The van der Waals surface area contributed by atoms with Gasteiger partial charge in [0.1, 0.15) is 5.58 Å². The molecule has 7 aromatic carbocycles. The molecule has 3 nitrogen and oxygen atoms in total. The summed E-state index contributed by atoms with van der Waals surface area (Å²) in [4.78, 5) is 7.16. The summed E-state index contributed by atoms with van der Waals surface area (Å²) in [5.74, 6) is 0. The van der Waals surface area contributed by atoms with E-state index in [2.05, 4.69) is 150 Å². The van der Waals surface area contributed by atoms with Crippen LogP contribution in [0.4, 0.5) is 17.1 Å². The van der Waals surface area contributed by atoms with Crippen molar-refractivity contribution in [2.75, 3.05) is 4.90 Å². The number of fused-ring (bicyclic) bond motifs is 5. The van der Waals surface area contributed by atoms with E-state index in [0.717, 1.165) is 55.5 Å². The predicted octanol–water partition coefficient (Wildman–Crippen LogP) is 12.1. The summed E-state index contributed by atoms with van der Waals surface area (Å²) in [7, 11) is 0. The molecule has 216 valence electrons. The van der Waals surface area contributed by atoms with Gasteiger partial charge in [0.25, 0.3) is 0 Å². The van der Waals surface area contributed by atoms with E-state index in [4.69, 9.17) is 9.40 Å². The van der Waals surface area contributed by atoms with Gasteiger partial charge in [-0.05, 0) is 81.6 Å². The lowest BCUT2D eigenvalue weighted by Crippen LogP contribution is -2.11. The Balaban J connectivity index is 1.33. The van der Waals surface area contributed by atoms with Crippen LogP contribution in [-0.2, 0) is 0 Å². The smallest absolute Gasteiger partial charge is 0.160 e. The van der Waals surface area contributed by atoms with Gasteiger partial charge in [0, 0.05) is 33.7 Å². The molecule has 2 aromatic heterocycles. The Hall–Kier alpha value is -6.19. The second-order valence-electron chi connectivity index (χ2n) is 11.6. The van der Waals surface area contributed by atoms with Crippen molar-refractivity contribution in [3.63, 3.8) is 0 Å². The molecule has 9 aromatic rings. The van der Waals surface area contributed by atoms with Crippen LogP contribution in [0.25, 0.3) is 65.9 Å². The Morgan fingerprint density at radius 3 is 2.04 bits per heavy atom. The Morgan fingerprint density at radius 2 is 1.15 bits per heavy atom. The van der Waals surface area contributed by atoms with Crippen molar-refractivity contribution in [2.24, 2.45) is 0 Å². The third-order valence-electron chi connectivity index (χ3n) is 8.88. The molecule has 0 aliphatic rings. The highest BCUT2D eigenvalue weighted by atomic mass is 16.3. The van der Waals surface area contributed by atoms with E-state index in [1.807, 2.05) is 24.4 Å². The van der Waals surface area contributed by atoms with Crippen LogP contribution in [-0.4, -0.2) is 4.98 Å². The number of hydrogen-bond donors (Lipinski definition) is 0. The zero-order valence-corrected chi connectivity index (χ0v) is 25.0. The summed E-state index contributed by atoms with van der Waals surface area (Å²) < 4.78 is 6.71. The minimum atomic E-state index is 0.837. The average molecular weight is 589 g/mol. The molecule has 2 heterocycles. The molecule has 0 radical (unpaired) electrons. The predicted molar refractivity (Wildman–Crippen MR) is 192 cm³/mol. The van der Waals surface area contributed by atoms with Crippen molar-refractivity contribution < 1.29 is 4.42 Å². The fourth-order valence-corrected chi connectivity index (χ4v) is 6.73. The maximum atomic E-state index is 6.71. The number of pyridine rings is 1. The molecule has 0 atom stereocenters. The Kier molecular flexibility index (Phi) is 6.14. The maximum absolute atomic E-state index is 6.71. The van der Waals surface area contributed by atoms with E-state index in [9.17, 15) is 0 Å². The van der Waals surface area contributed by atoms with Gasteiger partial charge in [0.15, 0.2) is 5.58 Å². The second-order valence-corrected chi connectivity index (χ2v) is 11.6. The zero-order valence-electron chi connectivity index (χ0n) is 25.0. The summed E-state index contributed by atoms with van der Waals surface area (Å²) in [6.45, 7) is 0. The first-order chi connectivity index (χ1) is 22.8. The van der Waals surface area contributed by atoms with Crippen LogP contribution in [0, 0.1) is 0 Å². The van der Waals surface area contributed by atoms with Crippen molar-refractivity contribution in [1.82, 2.24) is 4.98 Å². The maximum Gasteiger partial charge on any atom is 0.160 e. The van der Waals surface area contributed by atoms with Crippen LogP contribution in [0.1, 0.15) is 0 Å². The van der Waals surface area contributed by atoms with Gasteiger partial charge in [-0.1, -0.05) is 115 Å². The quantitative estimate of drug-likeness (QED) is 0.200. The molecule has 0 aliphatic carbocycles. The van der Waals surface area contributed by atoms with Gasteiger partial charge in [-0.2, -0.15) is 0 Å². The van der Waals surface area contributed by atoms with Gasteiger partial charge in [0.2, 0.25) is 0 Å². The van der Waals surface area contributed by atoms with E-state index in [-0.39, 0.29) is 0 Å². The average Bonchev–Trinajstić information content (AvgIpc) is 3.50. The minimum Gasteiger partial charge on any atom is -0.454 e. The molecule has 0 fully saturated rings. The van der Waals surface area contributed by atoms with Crippen molar-refractivity contribution in [3.8, 4) is 22.3 Å². The van der Waals surface area contributed by atoms with Gasteiger partial charge in [-0.15, -0.1) is 0 Å². The van der Waals surface area contributed by atoms with Crippen LogP contribution in [0.15, 0.2) is 174 Å². The summed E-state index contributed by atoms with van der Waals surface area (Å²) in [5.41, 5.74) is 10.4. The first-order valence-electron chi connectivity index (χ1n) is 15.5. The van der Waals surface area contributed by atoms with Gasteiger partial charge in [-0.3, -0.25) is 4.98 Å². The van der Waals surface area contributed by atoms with E-state index in [1.165, 1.54) is 27.5 Å². The number of nitrogens with zero attached hydrogens (tertiary/aromatic N) is 2. The first kappa shape index (κ1) is 26.2. The molecule has 0 saturated heterocycles. The number of hydrogen-bond acceptors (Lipinski definition) is 3. The lowest BCUT2D eigenvalue weighted by Gasteiger charge is -2.27. The topological polar surface area (TPSA) is 29.3 Å². The van der Waals surface area contributed by atoms with Crippen molar-refractivity contribution in [1.29, 1.82) is 0 Å². The van der Waals surface area contributed by atoms with Crippen LogP contribution < -0.4 is 4.90 Å². The van der Waals surface area contributed by atoms with E-state index in [0.29, 0.717) is 0 Å². The standard InChI is InChI=1S/C43H28N2O/c1-2-11-29(12-3-1)30-22-24-33(25-23-30)45(34-16-8-15-32(27-34)36-19-9-14-31-13-4-5-17-35(31)36)42-38-20-10-26-44-40(38)28-39-37-18-6-7-21-41(37)46-43(39)42/h1-28H. The number of aromatic nitrogens is 1. The second kappa shape index (κ2) is 10.8. The van der Waals surface area contributed by atoms with Gasteiger partial charge >= 0.3 is 0 Å². The zero-order chi connectivity index (χ0) is 30.5. The molecule has 0 amide bonds. The van der Waals surface area contributed by atoms with Gasteiger partial charge < -0.3 is 9.32 Å². The minimum absolute atomic E-state index is 0.837. The fourth-order valence-electron chi connectivity index (χ4n) is 6.73. The van der Waals surface area contributed by atoms with Crippen LogP contribution in [0.2, 0.25) is 0 Å². The highest BCUT2D eigenvalue weighted by molar-refractivity contribution is 6.18. The molecule has 0 spiro atoms. The molecule has 0 bridgehead atoms. The Morgan fingerprint density at radius 1 is 0.457 bits per heavy atom. The van der Waals surface area contributed by atoms with E-state index >= 15 is 0 Å². The number of para-hydroxylation sites is 1. The van der Waals surface area contributed by atoms with Crippen LogP contribution >= 0.6 is 0 Å². The molecule has 0 aliphatic heterocycles. The number of furan rings is 1. The summed E-state index contributed by atoms with van der Waals surface area (Å²) in [6.07, 6.45) is 1.86. The Bertz CT molecular complexity index is 2530. The summed E-state index contributed by atoms with van der Waals surface area (Å²) in [5, 5.41) is 5.61. The number of benzene rings is 7. The Labute approximate surface area is 266 Å². The van der Waals surface area contributed by atoms with Crippen molar-refractivity contribution >= 4 is 60.7 Å². The highest BCUT2D eigenvalue weighted by Crippen LogP contribution is 2.47. The van der Waals surface area contributed by atoms with Crippen molar-refractivity contribution in [2.45, 2.75) is 0 Å². The SMILES string of the molecule is c1ccc(-c2ccc(N(c3cccc(-c4cccc5ccccc45)c3)c3c4cccnc4cc4c3oc3ccccc34)cc2)cc1. The number of rotatable bonds is 5. The lowest BCUT2D eigenvalue weighted by molar-refractivity contribution is 0.669. The third-order valence-corrected chi connectivity index (χ3v) is 8.88. The lowest BCUT2D eigenvalue weighted by atomic mass is 9.97. The van der Waals surface area contributed by atoms with Gasteiger partial charge in [0.05, 0.1) is 11.2 Å². The van der Waals surface area contributed by atoms with Crippen LogP contribution in [0.3, 0.4) is 0 Å². The normalized spacial score (nSPS) is 11.5. The number of anilines is 3. The van der Waals surface area contributed by atoms with Crippen molar-refractivity contribution in [3.05, 3.63) is 170 Å². The molecular weight excluding hydrogens is 560 g/mol. The molecule has 0 N–H and O–H groups in total. The van der Waals surface area contributed by atoms with Gasteiger partial charge in [-0.25, -0.2) is 0 Å². The molecule has 46 heavy (non-hydrogen) atoms. The first-order valence-corrected chi connectivity index (χ1v) is 15.5. The molecular formula is C43H28N2O. The highest BCUT2D eigenvalue weighted by Gasteiger charge is 2.23. The fraction of sp³-hybridized carbons (Fsp3) is 0. The summed E-state index contributed by atoms with van der Waals surface area (Å²) >= 11 is 0. The van der Waals surface area contributed by atoms with Crippen LogP contribution in [0.5, 0.6) is 0 Å². The third kappa shape index (κ3) is 4.33. The molecule has 3 heteroatoms.